The van der Waals surface area contributed by atoms with Gasteiger partial charge in [0.25, 0.3) is 5.56 Å². The van der Waals surface area contributed by atoms with Gasteiger partial charge in [-0.3, -0.25) is 19.0 Å². The molecule has 7 nitrogen and oxygen atoms in total. The van der Waals surface area contributed by atoms with Crippen molar-refractivity contribution >= 4 is 34.1 Å². The number of hydrogen-bond donors (Lipinski definition) is 1. The van der Waals surface area contributed by atoms with E-state index in [9.17, 15) is 14.7 Å². The normalized spacial score (nSPS) is 12.2. The highest BCUT2D eigenvalue weighted by molar-refractivity contribution is 6.30. The molecule has 0 aliphatic carbocycles. The van der Waals surface area contributed by atoms with Gasteiger partial charge in [-0.15, -0.1) is 0 Å². The Balaban J connectivity index is 1.96. The van der Waals surface area contributed by atoms with Crippen LogP contribution in [0.1, 0.15) is 23.5 Å². The standard InChI is InChI=1S/C21H16ClN3O4/c1-29-18(26)10-15(12-4-6-16-13(9-12)3-2-8-23-16)19-20(27)24-17-7-5-14(22)11-25(17)21(19)28/h2-9,11,15,27H,10H2,1H3/t15-/m1/s1. The molecule has 0 aliphatic rings. The predicted octanol–water partition coefficient (Wildman–Crippen LogP) is 3.30. The predicted molar refractivity (Wildman–Crippen MR) is 108 cm³/mol. The number of aromatic hydroxyl groups is 1. The Morgan fingerprint density at radius 3 is 2.90 bits per heavy atom. The highest BCUT2D eigenvalue weighted by Gasteiger charge is 2.27. The first-order valence-electron chi connectivity index (χ1n) is 8.80. The molecule has 3 aromatic heterocycles. The Kier molecular flexibility index (Phi) is 4.90. The minimum absolute atomic E-state index is 0.00148. The number of aromatic nitrogens is 3. The van der Waals surface area contributed by atoms with E-state index >= 15 is 0 Å². The number of halogens is 1. The van der Waals surface area contributed by atoms with Gasteiger partial charge < -0.3 is 9.84 Å². The second-order valence-corrected chi connectivity index (χ2v) is 6.95. The molecular formula is C21H16ClN3O4. The van der Waals surface area contributed by atoms with Crippen LogP contribution in [-0.4, -0.2) is 32.6 Å². The van der Waals surface area contributed by atoms with Gasteiger partial charge in [-0.2, -0.15) is 4.98 Å². The van der Waals surface area contributed by atoms with E-state index < -0.39 is 23.3 Å². The number of carbonyl (C=O) groups is 1. The fourth-order valence-corrected chi connectivity index (χ4v) is 3.53. The zero-order valence-electron chi connectivity index (χ0n) is 15.4. The molecule has 0 fully saturated rings. The fourth-order valence-electron chi connectivity index (χ4n) is 3.37. The third kappa shape index (κ3) is 3.52. The summed E-state index contributed by atoms with van der Waals surface area (Å²) in [5.74, 6) is -1.71. The first-order chi connectivity index (χ1) is 14.0. The van der Waals surface area contributed by atoms with Crippen molar-refractivity contribution in [2.24, 2.45) is 0 Å². The smallest absolute Gasteiger partial charge is 0.306 e. The average molecular weight is 410 g/mol. The molecule has 0 bridgehead atoms. The first-order valence-corrected chi connectivity index (χ1v) is 9.18. The molecule has 0 unspecified atom stereocenters. The second kappa shape index (κ2) is 7.52. The molecule has 0 aliphatic heterocycles. The molecule has 0 saturated heterocycles. The lowest BCUT2D eigenvalue weighted by Gasteiger charge is -2.18. The van der Waals surface area contributed by atoms with Crippen molar-refractivity contribution < 1.29 is 14.6 Å². The van der Waals surface area contributed by atoms with Crippen LogP contribution in [-0.2, 0) is 9.53 Å². The van der Waals surface area contributed by atoms with Crippen LogP contribution in [0.5, 0.6) is 5.88 Å². The van der Waals surface area contributed by atoms with Crippen LogP contribution in [0.4, 0.5) is 0 Å². The Morgan fingerprint density at radius 2 is 2.10 bits per heavy atom. The van der Waals surface area contributed by atoms with E-state index in [2.05, 4.69) is 9.97 Å². The van der Waals surface area contributed by atoms with Gasteiger partial charge in [-0.05, 0) is 35.9 Å². The summed E-state index contributed by atoms with van der Waals surface area (Å²) in [5.41, 5.74) is 1.18. The largest absolute Gasteiger partial charge is 0.493 e. The van der Waals surface area contributed by atoms with Gasteiger partial charge in [0, 0.05) is 23.7 Å². The third-order valence-corrected chi connectivity index (χ3v) is 5.00. The maximum Gasteiger partial charge on any atom is 0.306 e. The number of hydrogen-bond acceptors (Lipinski definition) is 6. The second-order valence-electron chi connectivity index (χ2n) is 6.52. The van der Waals surface area contributed by atoms with Gasteiger partial charge in [0.2, 0.25) is 5.88 Å². The molecule has 4 rings (SSSR count). The van der Waals surface area contributed by atoms with E-state index in [0.717, 1.165) is 10.9 Å². The minimum Gasteiger partial charge on any atom is -0.493 e. The minimum atomic E-state index is -0.761. The lowest BCUT2D eigenvalue weighted by molar-refractivity contribution is -0.140. The van der Waals surface area contributed by atoms with Gasteiger partial charge in [-0.1, -0.05) is 23.7 Å². The SMILES string of the molecule is COC(=O)C[C@H](c1ccc2ncccc2c1)c1c(O)nc2ccc(Cl)cn2c1=O. The van der Waals surface area contributed by atoms with Crippen LogP contribution >= 0.6 is 11.6 Å². The van der Waals surface area contributed by atoms with Gasteiger partial charge in [0.05, 0.1) is 29.6 Å². The van der Waals surface area contributed by atoms with Crippen LogP contribution in [0.15, 0.2) is 59.7 Å². The zero-order valence-corrected chi connectivity index (χ0v) is 16.1. The molecule has 4 aromatic rings. The third-order valence-electron chi connectivity index (χ3n) is 4.78. The molecule has 1 atom stereocenters. The van der Waals surface area contributed by atoms with Crippen molar-refractivity contribution in [3.8, 4) is 5.88 Å². The van der Waals surface area contributed by atoms with E-state index in [1.54, 1.807) is 30.5 Å². The van der Waals surface area contributed by atoms with Crippen LogP contribution in [0, 0.1) is 0 Å². The summed E-state index contributed by atoms with van der Waals surface area (Å²) in [6.45, 7) is 0. The van der Waals surface area contributed by atoms with Gasteiger partial charge in [0.15, 0.2) is 0 Å². The van der Waals surface area contributed by atoms with E-state index in [-0.39, 0.29) is 17.6 Å². The summed E-state index contributed by atoms with van der Waals surface area (Å²) in [4.78, 5) is 33.7. The first kappa shape index (κ1) is 18.9. The highest BCUT2D eigenvalue weighted by Crippen LogP contribution is 2.32. The van der Waals surface area contributed by atoms with Crippen molar-refractivity contribution in [2.75, 3.05) is 7.11 Å². The number of fused-ring (bicyclic) bond motifs is 2. The molecule has 0 amide bonds. The molecule has 1 aromatic carbocycles. The quantitative estimate of drug-likeness (QED) is 0.520. The van der Waals surface area contributed by atoms with Crippen molar-refractivity contribution in [3.05, 3.63) is 81.4 Å². The molecule has 1 N–H and O–H groups in total. The number of pyridine rings is 2. The van der Waals surface area contributed by atoms with E-state index in [1.165, 1.54) is 23.8 Å². The number of esters is 1. The number of rotatable bonds is 4. The Labute approximate surface area is 170 Å². The lowest BCUT2D eigenvalue weighted by atomic mass is 9.88. The van der Waals surface area contributed by atoms with Crippen LogP contribution in [0.3, 0.4) is 0 Å². The maximum atomic E-state index is 13.2. The molecule has 0 saturated carbocycles. The van der Waals surface area contributed by atoms with E-state index in [1.807, 2.05) is 12.1 Å². The number of benzene rings is 1. The molecule has 3 heterocycles. The van der Waals surface area contributed by atoms with Crippen LogP contribution in [0.2, 0.25) is 5.02 Å². The lowest BCUT2D eigenvalue weighted by Crippen LogP contribution is -2.24. The fraction of sp³-hybridized carbons (Fsp3) is 0.143. The number of ether oxygens (including phenoxy) is 1. The Bertz CT molecular complexity index is 1300. The molecule has 0 spiro atoms. The summed E-state index contributed by atoms with van der Waals surface area (Å²) in [5, 5.41) is 11.8. The summed E-state index contributed by atoms with van der Waals surface area (Å²) in [6, 6.07) is 12.2. The summed E-state index contributed by atoms with van der Waals surface area (Å²) in [6.07, 6.45) is 2.97. The monoisotopic (exact) mass is 409 g/mol. The summed E-state index contributed by atoms with van der Waals surface area (Å²) < 4.78 is 6.07. The number of carbonyl (C=O) groups excluding carboxylic acids is 1. The molecular weight excluding hydrogens is 394 g/mol. The van der Waals surface area contributed by atoms with Crippen molar-refractivity contribution in [1.82, 2.24) is 14.4 Å². The molecule has 146 valence electrons. The van der Waals surface area contributed by atoms with Gasteiger partial charge in [0.1, 0.15) is 5.65 Å². The topological polar surface area (TPSA) is 93.8 Å². The van der Waals surface area contributed by atoms with Crippen molar-refractivity contribution in [1.29, 1.82) is 0 Å². The van der Waals surface area contributed by atoms with E-state index in [0.29, 0.717) is 10.6 Å². The average Bonchev–Trinajstić information content (AvgIpc) is 2.73. The maximum absolute atomic E-state index is 13.2. The molecule has 0 radical (unpaired) electrons. The Hall–Kier alpha value is -3.45. The van der Waals surface area contributed by atoms with Crippen molar-refractivity contribution in [3.63, 3.8) is 0 Å². The summed E-state index contributed by atoms with van der Waals surface area (Å²) in [7, 11) is 1.27. The highest BCUT2D eigenvalue weighted by atomic mass is 35.5. The van der Waals surface area contributed by atoms with Crippen molar-refractivity contribution in [2.45, 2.75) is 12.3 Å². The number of methoxy groups -OCH3 is 1. The summed E-state index contributed by atoms with van der Waals surface area (Å²) >= 11 is 6.02. The van der Waals surface area contributed by atoms with Gasteiger partial charge >= 0.3 is 5.97 Å². The molecule has 29 heavy (non-hydrogen) atoms. The van der Waals surface area contributed by atoms with Crippen LogP contribution < -0.4 is 5.56 Å². The Morgan fingerprint density at radius 1 is 1.28 bits per heavy atom. The van der Waals surface area contributed by atoms with Gasteiger partial charge in [-0.25, -0.2) is 0 Å². The zero-order chi connectivity index (χ0) is 20.5. The number of nitrogens with zero attached hydrogens (tertiary/aromatic N) is 3. The van der Waals surface area contributed by atoms with Crippen LogP contribution in [0.25, 0.3) is 16.6 Å². The molecule has 8 heteroatoms. The van der Waals surface area contributed by atoms with E-state index in [4.69, 9.17) is 16.3 Å².